The molecule has 4 rings (SSSR count). The van der Waals surface area contributed by atoms with Crippen molar-refractivity contribution in [2.75, 3.05) is 22.9 Å². The maximum Gasteiger partial charge on any atom is 0.133 e. The Morgan fingerprint density at radius 2 is 1.45 bits per heavy atom. The van der Waals surface area contributed by atoms with Crippen molar-refractivity contribution in [2.45, 2.75) is 25.8 Å². The van der Waals surface area contributed by atoms with Gasteiger partial charge in [0, 0.05) is 30.0 Å². The molecule has 2 aromatic rings. The molecular formula is C19H21N3. The number of benzene rings is 2. The number of piperidine rings is 1. The zero-order valence-electron chi connectivity index (χ0n) is 12.8. The summed E-state index contributed by atoms with van der Waals surface area (Å²) in [5.74, 6) is 0.612. The number of hydrogen-bond donors (Lipinski definition) is 1. The number of anilines is 2. The molecule has 0 radical (unpaired) electrons. The van der Waals surface area contributed by atoms with Crippen LogP contribution in [0.5, 0.6) is 0 Å². The molecule has 3 nitrogen and oxygen atoms in total. The van der Waals surface area contributed by atoms with E-state index in [9.17, 15) is 0 Å². The Morgan fingerprint density at radius 1 is 0.773 bits per heavy atom. The number of nitrogens with zero attached hydrogens (tertiary/aromatic N) is 2. The molecule has 0 unspecified atom stereocenters. The van der Waals surface area contributed by atoms with Gasteiger partial charge in [0.2, 0.25) is 0 Å². The minimum Gasteiger partial charge on any atom is -0.372 e. The molecule has 0 amide bonds. The van der Waals surface area contributed by atoms with Crippen LogP contribution in [0.25, 0.3) is 0 Å². The lowest BCUT2D eigenvalue weighted by molar-refractivity contribution is 0.578. The third-order valence-corrected chi connectivity index (χ3v) is 4.75. The van der Waals surface area contributed by atoms with E-state index in [1.165, 1.54) is 43.6 Å². The van der Waals surface area contributed by atoms with Gasteiger partial charge in [0.05, 0.1) is 6.54 Å². The Kier molecular flexibility index (Phi) is 3.34. The van der Waals surface area contributed by atoms with E-state index in [0.29, 0.717) is 5.84 Å². The van der Waals surface area contributed by atoms with Crippen molar-refractivity contribution in [1.82, 2.24) is 0 Å². The van der Waals surface area contributed by atoms with Crippen LogP contribution in [0.3, 0.4) is 0 Å². The molecule has 22 heavy (non-hydrogen) atoms. The standard InChI is InChI=1S/C19H21N3/c20-19-18-7-3-2-6-15(18)14-22(19)17-10-8-16(9-11-17)21-12-4-1-5-13-21/h2-3,6-11,20H,1,4-5,12-14H2. The smallest absolute Gasteiger partial charge is 0.133 e. The third-order valence-electron chi connectivity index (χ3n) is 4.75. The van der Waals surface area contributed by atoms with E-state index in [2.05, 4.69) is 46.2 Å². The Morgan fingerprint density at radius 3 is 2.18 bits per heavy atom. The lowest BCUT2D eigenvalue weighted by Crippen LogP contribution is -2.29. The highest BCUT2D eigenvalue weighted by molar-refractivity contribution is 6.11. The van der Waals surface area contributed by atoms with Gasteiger partial charge in [-0.05, 0) is 49.1 Å². The molecule has 2 aliphatic heterocycles. The van der Waals surface area contributed by atoms with E-state index in [0.717, 1.165) is 17.8 Å². The molecule has 3 heteroatoms. The molecule has 0 atom stereocenters. The summed E-state index contributed by atoms with van der Waals surface area (Å²) in [5.41, 5.74) is 4.73. The van der Waals surface area contributed by atoms with E-state index in [1.54, 1.807) is 0 Å². The zero-order valence-corrected chi connectivity index (χ0v) is 12.8. The Hall–Kier alpha value is -2.29. The fourth-order valence-electron chi connectivity index (χ4n) is 3.50. The average Bonchev–Trinajstić information content (AvgIpc) is 2.93. The highest BCUT2D eigenvalue weighted by atomic mass is 15.2. The molecule has 2 aliphatic rings. The number of rotatable bonds is 2. The summed E-state index contributed by atoms with van der Waals surface area (Å²) in [6.07, 6.45) is 3.96. The first kappa shape index (κ1) is 13.4. The van der Waals surface area contributed by atoms with Crippen molar-refractivity contribution in [3.8, 4) is 0 Å². The summed E-state index contributed by atoms with van der Waals surface area (Å²) in [5, 5.41) is 8.39. The topological polar surface area (TPSA) is 30.3 Å². The molecule has 1 saturated heterocycles. The van der Waals surface area contributed by atoms with E-state index < -0.39 is 0 Å². The van der Waals surface area contributed by atoms with Crippen molar-refractivity contribution < 1.29 is 0 Å². The summed E-state index contributed by atoms with van der Waals surface area (Å²) < 4.78 is 0. The van der Waals surface area contributed by atoms with Crippen molar-refractivity contribution in [3.05, 3.63) is 59.7 Å². The molecule has 2 heterocycles. The van der Waals surface area contributed by atoms with Crippen LogP contribution < -0.4 is 9.80 Å². The predicted molar refractivity (Wildman–Crippen MR) is 92.0 cm³/mol. The van der Waals surface area contributed by atoms with Crippen LogP contribution in [-0.2, 0) is 6.54 Å². The highest BCUT2D eigenvalue weighted by Crippen LogP contribution is 2.30. The quantitative estimate of drug-likeness (QED) is 0.905. The summed E-state index contributed by atoms with van der Waals surface area (Å²) in [6.45, 7) is 3.15. The molecule has 0 saturated carbocycles. The van der Waals surface area contributed by atoms with Crippen LogP contribution in [0.1, 0.15) is 30.4 Å². The van der Waals surface area contributed by atoms with Gasteiger partial charge in [0.1, 0.15) is 5.84 Å². The van der Waals surface area contributed by atoms with Crippen molar-refractivity contribution in [3.63, 3.8) is 0 Å². The molecule has 0 spiro atoms. The normalized spacial score (nSPS) is 17.7. The van der Waals surface area contributed by atoms with Gasteiger partial charge >= 0.3 is 0 Å². The molecule has 112 valence electrons. The van der Waals surface area contributed by atoms with E-state index in [4.69, 9.17) is 5.41 Å². The summed E-state index contributed by atoms with van der Waals surface area (Å²) in [4.78, 5) is 4.56. The first-order chi connectivity index (χ1) is 10.8. The first-order valence-corrected chi connectivity index (χ1v) is 8.12. The van der Waals surface area contributed by atoms with Gasteiger partial charge in [-0.25, -0.2) is 0 Å². The molecule has 2 aromatic carbocycles. The van der Waals surface area contributed by atoms with Gasteiger partial charge in [-0.1, -0.05) is 24.3 Å². The van der Waals surface area contributed by atoms with Crippen molar-refractivity contribution >= 4 is 17.2 Å². The molecule has 0 bridgehead atoms. The van der Waals surface area contributed by atoms with E-state index >= 15 is 0 Å². The number of fused-ring (bicyclic) bond motifs is 1. The second kappa shape index (κ2) is 5.48. The van der Waals surface area contributed by atoms with Gasteiger partial charge in [0.15, 0.2) is 0 Å². The Labute approximate surface area is 131 Å². The maximum atomic E-state index is 8.39. The SMILES string of the molecule is N=C1c2ccccc2CN1c1ccc(N2CCCCC2)cc1. The van der Waals surface area contributed by atoms with Crippen LogP contribution in [0.15, 0.2) is 48.5 Å². The van der Waals surface area contributed by atoms with Crippen LogP contribution >= 0.6 is 0 Å². The molecule has 1 fully saturated rings. The van der Waals surface area contributed by atoms with Crippen molar-refractivity contribution in [2.24, 2.45) is 0 Å². The van der Waals surface area contributed by atoms with Crippen LogP contribution in [-0.4, -0.2) is 18.9 Å². The Balaban J connectivity index is 1.56. The summed E-state index contributed by atoms with van der Waals surface area (Å²) in [7, 11) is 0. The number of nitrogens with one attached hydrogen (secondary N) is 1. The predicted octanol–water partition coefficient (Wildman–Crippen LogP) is 4.02. The van der Waals surface area contributed by atoms with Crippen molar-refractivity contribution in [1.29, 1.82) is 5.41 Å². The fraction of sp³-hybridized carbons (Fsp3) is 0.316. The summed E-state index contributed by atoms with van der Waals surface area (Å²) in [6, 6.07) is 16.9. The number of amidine groups is 1. The molecule has 0 aromatic heterocycles. The average molecular weight is 291 g/mol. The zero-order chi connectivity index (χ0) is 14.9. The monoisotopic (exact) mass is 291 g/mol. The lowest BCUT2D eigenvalue weighted by atomic mass is 10.1. The minimum atomic E-state index is 0.612. The van der Waals surface area contributed by atoms with Crippen LogP contribution in [0.4, 0.5) is 11.4 Å². The first-order valence-electron chi connectivity index (χ1n) is 8.12. The third kappa shape index (κ3) is 2.27. The second-order valence-corrected chi connectivity index (χ2v) is 6.16. The van der Waals surface area contributed by atoms with Gasteiger partial charge in [-0.2, -0.15) is 0 Å². The highest BCUT2D eigenvalue weighted by Gasteiger charge is 2.24. The van der Waals surface area contributed by atoms with E-state index in [-0.39, 0.29) is 0 Å². The van der Waals surface area contributed by atoms with Gasteiger partial charge in [-0.15, -0.1) is 0 Å². The summed E-state index contributed by atoms with van der Waals surface area (Å²) >= 11 is 0. The lowest BCUT2D eigenvalue weighted by Gasteiger charge is -2.29. The van der Waals surface area contributed by atoms with Gasteiger partial charge < -0.3 is 9.80 Å². The molecule has 1 N–H and O–H groups in total. The maximum absolute atomic E-state index is 8.39. The molecule has 0 aliphatic carbocycles. The molecular weight excluding hydrogens is 270 g/mol. The van der Waals surface area contributed by atoms with E-state index in [1.807, 2.05) is 12.1 Å². The second-order valence-electron chi connectivity index (χ2n) is 6.16. The fourth-order valence-corrected chi connectivity index (χ4v) is 3.50. The Bertz CT molecular complexity index is 684. The van der Waals surface area contributed by atoms with Crippen LogP contribution in [0.2, 0.25) is 0 Å². The van der Waals surface area contributed by atoms with Crippen LogP contribution in [0, 0.1) is 5.41 Å². The van der Waals surface area contributed by atoms with Gasteiger partial charge in [0.25, 0.3) is 0 Å². The largest absolute Gasteiger partial charge is 0.372 e. The van der Waals surface area contributed by atoms with Gasteiger partial charge in [-0.3, -0.25) is 5.41 Å². The number of hydrogen-bond acceptors (Lipinski definition) is 2. The minimum absolute atomic E-state index is 0.612.